The minimum absolute atomic E-state index is 0.0314. The summed E-state index contributed by atoms with van der Waals surface area (Å²) < 4.78 is 25.7. The predicted octanol–water partition coefficient (Wildman–Crippen LogP) is 1.07. The highest BCUT2D eigenvalue weighted by atomic mass is 19.2. The summed E-state index contributed by atoms with van der Waals surface area (Å²) in [7, 11) is 0. The number of likely N-dealkylation sites (tertiary alicyclic amines) is 1. The fraction of sp³-hybridized carbons (Fsp3) is 0.417. The zero-order valence-corrected chi connectivity index (χ0v) is 9.33. The highest BCUT2D eigenvalue weighted by Crippen LogP contribution is 2.13. The van der Waals surface area contributed by atoms with Crippen LogP contribution in [0.5, 0.6) is 0 Å². The SMILES string of the molecule is N[C@H]1CCN(C(=O)Cc2ccc(F)c(F)c2)C1. The van der Waals surface area contributed by atoms with Gasteiger partial charge in [-0.1, -0.05) is 6.07 Å². The normalized spacial score (nSPS) is 19.7. The fourth-order valence-corrected chi connectivity index (χ4v) is 1.95. The van der Waals surface area contributed by atoms with Gasteiger partial charge in [0, 0.05) is 19.1 Å². The summed E-state index contributed by atoms with van der Waals surface area (Å²) in [6, 6.07) is 3.55. The number of nitrogens with zero attached hydrogens (tertiary/aromatic N) is 1. The van der Waals surface area contributed by atoms with Crippen LogP contribution in [-0.4, -0.2) is 29.9 Å². The second kappa shape index (κ2) is 4.79. The molecule has 1 aromatic carbocycles. The van der Waals surface area contributed by atoms with Crippen LogP contribution in [-0.2, 0) is 11.2 Å². The topological polar surface area (TPSA) is 46.3 Å². The Hall–Kier alpha value is -1.49. The molecule has 0 saturated carbocycles. The maximum atomic E-state index is 12.9. The maximum absolute atomic E-state index is 12.9. The van der Waals surface area contributed by atoms with E-state index in [1.165, 1.54) is 6.07 Å². The number of benzene rings is 1. The first-order valence-electron chi connectivity index (χ1n) is 5.53. The Morgan fingerprint density at radius 1 is 1.41 bits per heavy atom. The summed E-state index contributed by atoms with van der Waals surface area (Å²) in [5.74, 6) is -1.92. The van der Waals surface area contributed by atoms with Crippen LogP contribution < -0.4 is 5.73 Å². The van der Waals surface area contributed by atoms with Crippen molar-refractivity contribution in [2.75, 3.05) is 13.1 Å². The molecule has 1 aliphatic heterocycles. The molecule has 0 aromatic heterocycles. The largest absolute Gasteiger partial charge is 0.341 e. The Bertz CT molecular complexity index is 437. The molecule has 3 nitrogen and oxygen atoms in total. The smallest absolute Gasteiger partial charge is 0.227 e. The monoisotopic (exact) mass is 240 g/mol. The van der Waals surface area contributed by atoms with Crippen molar-refractivity contribution in [3.8, 4) is 0 Å². The van der Waals surface area contributed by atoms with Crippen molar-refractivity contribution in [3.63, 3.8) is 0 Å². The molecular formula is C12H14F2N2O. The molecule has 0 unspecified atom stereocenters. The van der Waals surface area contributed by atoms with Gasteiger partial charge in [0.15, 0.2) is 11.6 Å². The second-order valence-corrected chi connectivity index (χ2v) is 4.31. The molecule has 0 bridgehead atoms. The molecule has 1 saturated heterocycles. The lowest BCUT2D eigenvalue weighted by atomic mass is 10.1. The Morgan fingerprint density at radius 2 is 2.18 bits per heavy atom. The van der Waals surface area contributed by atoms with Gasteiger partial charge in [0.05, 0.1) is 6.42 Å². The van der Waals surface area contributed by atoms with Crippen molar-refractivity contribution in [2.24, 2.45) is 5.73 Å². The summed E-state index contributed by atoms with van der Waals surface area (Å²) in [6.07, 6.45) is 0.882. The van der Waals surface area contributed by atoms with Crippen LogP contribution in [0, 0.1) is 11.6 Å². The van der Waals surface area contributed by atoms with E-state index in [2.05, 4.69) is 0 Å². The molecule has 0 radical (unpaired) electrons. The Balaban J connectivity index is 2.00. The van der Waals surface area contributed by atoms with Gasteiger partial charge >= 0.3 is 0 Å². The van der Waals surface area contributed by atoms with E-state index in [0.29, 0.717) is 18.7 Å². The molecule has 5 heteroatoms. The Kier molecular flexibility index (Phi) is 3.38. The van der Waals surface area contributed by atoms with Gasteiger partial charge in [-0.15, -0.1) is 0 Å². The lowest BCUT2D eigenvalue weighted by Gasteiger charge is -2.15. The van der Waals surface area contributed by atoms with Gasteiger partial charge in [-0.25, -0.2) is 8.78 Å². The van der Waals surface area contributed by atoms with E-state index in [-0.39, 0.29) is 18.4 Å². The van der Waals surface area contributed by atoms with E-state index >= 15 is 0 Å². The third-order valence-corrected chi connectivity index (χ3v) is 2.92. The average Bonchev–Trinajstić information content (AvgIpc) is 2.70. The highest BCUT2D eigenvalue weighted by Gasteiger charge is 2.23. The first kappa shape index (κ1) is 12.0. The molecule has 0 spiro atoms. The van der Waals surface area contributed by atoms with Crippen LogP contribution in [0.25, 0.3) is 0 Å². The van der Waals surface area contributed by atoms with E-state index in [4.69, 9.17) is 5.73 Å². The quantitative estimate of drug-likeness (QED) is 0.840. The molecular weight excluding hydrogens is 226 g/mol. The van der Waals surface area contributed by atoms with Crippen molar-refractivity contribution in [2.45, 2.75) is 18.9 Å². The van der Waals surface area contributed by atoms with Crippen LogP contribution in [0.3, 0.4) is 0 Å². The zero-order chi connectivity index (χ0) is 12.4. The number of amides is 1. The van der Waals surface area contributed by atoms with Crippen LogP contribution in [0.15, 0.2) is 18.2 Å². The molecule has 1 atom stereocenters. The van der Waals surface area contributed by atoms with E-state index in [1.807, 2.05) is 0 Å². The Labute approximate surface area is 98.2 Å². The summed E-state index contributed by atoms with van der Waals surface area (Å²) >= 11 is 0. The van der Waals surface area contributed by atoms with Crippen LogP contribution in [0.4, 0.5) is 8.78 Å². The molecule has 2 rings (SSSR count). The number of nitrogens with two attached hydrogens (primary N) is 1. The van der Waals surface area contributed by atoms with Crippen molar-refractivity contribution in [1.82, 2.24) is 4.90 Å². The number of rotatable bonds is 2. The first-order valence-corrected chi connectivity index (χ1v) is 5.53. The number of halogens is 2. The summed E-state index contributed by atoms with van der Waals surface area (Å²) in [5, 5.41) is 0. The molecule has 1 amide bonds. The van der Waals surface area contributed by atoms with Gasteiger partial charge < -0.3 is 10.6 Å². The van der Waals surface area contributed by atoms with Gasteiger partial charge in [0.25, 0.3) is 0 Å². The van der Waals surface area contributed by atoms with E-state index in [0.717, 1.165) is 18.6 Å². The molecule has 1 fully saturated rings. The zero-order valence-electron chi connectivity index (χ0n) is 9.33. The third-order valence-electron chi connectivity index (χ3n) is 2.92. The van der Waals surface area contributed by atoms with Crippen LogP contribution in [0.1, 0.15) is 12.0 Å². The highest BCUT2D eigenvalue weighted by molar-refractivity contribution is 5.79. The fourth-order valence-electron chi connectivity index (χ4n) is 1.95. The van der Waals surface area contributed by atoms with Crippen LogP contribution >= 0.6 is 0 Å². The maximum Gasteiger partial charge on any atom is 0.227 e. The molecule has 1 aliphatic rings. The van der Waals surface area contributed by atoms with Gasteiger partial charge in [0.2, 0.25) is 5.91 Å². The van der Waals surface area contributed by atoms with Crippen LogP contribution in [0.2, 0.25) is 0 Å². The third kappa shape index (κ3) is 2.79. The lowest BCUT2D eigenvalue weighted by Crippen LogP contribution is -2.32. The van der Waals surface area contributed by atoms with Gasteiger partial charge in [0.1, 0.15) is 0 Å². The molecule has 92 valence electrons. The Morgan fingerprint density at radius 3 is 2.76 bits per heavy atom. The number of carbonyl (C=O) groups excluding carboxylic acids is 1. The van der Waals surface area contributed by atoms with E-state index in [9.17, 15) is 13.6 Å². The van der Waals surface area contributed by atoms with Gasteiger partial charge in [-0.2, -0.15) is 0 Å². The average molecular weight is 240 g/mol. The minimum atomic E-state index is -0.923. The van der Waals surface area contributed by atoms with Crippen molar-refractivity contribution in [3.05, 3.63) is 35.4 Å². The summed E-state index contributed by atoms with van der Waals surface area (Å²) in [5.41, 5.74) is 6.18. The molecule has 17 heavy (non-hydrogen) atoms. The van der Waals surface area contributed by atoms with Crippen molar-refractivity contribution < 1.29 is 13.6 Å². The minimum Gasteiger partial charge on any atom is -0.341 e. The molecule has 0 aliphatic carbocycles. The number of hydrogen-bond donors (Lipinski definition) is 1. The summed E-state index contributed by atoms with van der Waals surface area (Å²) in [6.45, 7) is 1.19. The van der Waals surface area contributed by atoms with Gasteiger partial charge in [-0.3, -0.25) is 4.79 Å². The molecule has 2 N–H and O–H groups in total. The van der Waals surface area contributed by atoms with E-state index in [1.54, 1.807) is 4.90 Å². The molecule has 1 aromatic rings. The number of carbonyl (C=O) groups is 1. The van der Waals surface area contributed by atoms with Crippen molar-refractivity contribution in [1.29, 1.82) is 0 Å². The van der Waals surface area contributed by atoms with E-state index < -0.39 is 11.6 Å². The van der Waals surface area contributed by atoms with Gasteiger partial charge in [-0.05, 0) is 24.1 Å². The number of hydrogen-bond acceptors (Lipinski definition) is 2. The lowest BCUT2D eigenvalue weighted by molar-refractivity contribution is -0.129. The standard InChI is InChI=1S/C12H14F2N2O/c13-10-2-1-8(5-11(10)14)6-12(17)16-4-3-9(15)7-16/h1-2,5,9H,3-4,6-7,15H2/t9-/m0/s1. The predicted molar refractivity (Wildman–Crippen MR) is 59.2 cm³/mol. The first-order chi connectivity index (χ1) is 8.06. The summed E-state index contributed by atoms with van der Waals surface area (Å²) in [4.78, 5) is 13.5. The molecule has 1 heterocycles. The van der Waals surface area contributed by atoms with Crippen molar-refractivity contribution >= 4 is 5.91 Å². The second-order valence-electron chi connectivity index (χ2n) is 4.31.